The molecule has 3 heteroatoms. The fraction of sp³-hybridized carbons (Fsp3) is 0.692. The van der Waals surface area contributed by atoms with Gasteiger partial charge in [0.05, 0.1) is 0 Å². The van der Waals surface area contributed by atoms with Gasteiger partial charge in [-0.05, 0) is 28.8 Å². The number of nitrogens with one attached hydrogen (secondary N) is 1. The molecule has 1 aromatic rings. The second-order valence-electron chi connectivity index (χ2n) is 4.33. The van der Waals surface area contributed by atoms with Crippen LogP contribution in [0.5, 0.6) is 0 Å². The van der Waals surface area contributed by atoms with Crippen LogP contribution < -0.4 is 11.3 Å². The Hall–Kier alpha value is -0.380. The number of hydrazine groups is 1. The zero-order valence-corrected chi connectivity index (χ0v) is 11.1. The first kappa shape index (κ1) is 13.7. The van der Waals surface area contributed by atoms with Crippen molar-refractivity contribution in [3.8, 4) is 0 Å². The molecule has 1 heterocycles. The quantitative estimate of drug-likeness (QED) is 0.389. The Morgan fingerprint density at radius 2 is 2.00 bits per heavy atom. The third kappa shape index (κ3) is 5.10. The molecule has 92 valence electrons. The third-order valence-corrected chi connectivity index (χ3v) is 3.69. The molecule has 1 rings (SSSR count). The first-order valence-electron chi connectivity index (χ1n) is 6.36. The molecule has 3 N–H and O–H groups in total. The normalized spacial score (nSPS) is 12.9. The second-order valence-corrected chi connectivity index (χ2v) is 5.11. The summed E-state index contributed by atoms with van der Waals surface area (Å²) in [6.45, 7) is 2.25. The van der Waals surface area contributed by atoms with Gasteiger partial charge in [-0.2, -0.15) is 11.3 Å². The summed E-state index contributed by atoms with van der Waals surface area (Å²) in [7, 11) is 0. The lowest BCUT2D eigenvalue weighted by molar-refractivity contribution is 0.478. The van der Waals surface area contributed by atoms with Crippen molar-refractivity contribution in [2.24, 2.45) is 5.84 Å². The van der Waals surface area contributed by atoms with E-state index >= 15 is 0 Å². The van der Waals surface area contributed by atoms with Crippen LogP contribution in [0.3, 0.4) is 0 Å². The Balaban J connectivity index is 2.11. The van der Waals surface area contributed by atoms with Crippen molar-refractivity contribution < 1.29 is 0 Å². The van der Waals surface area contributed by atoms with Crippen molar-refractivity contribution in [3.05, 3.63) is 22.4 Å². The van der Waals surface area contributed by atoms with Crippen LogP contribution >= 0.6 is 11.3 Å². The van der Waals surface area contributed by atoms with Gasteiger partial charge in [0.2, 0.25) is 0 Å². The summed E-state index contributed by atoms with van der Waals surface area (Å²) in [5.41, 5.74) is 4.25. The monoisotopic (exact) mass is 240 g/mol. The van der Waals surface area contributed by atoms with Gasteiger partial charge in [-0.15, -0.1) is 0 Å². The number of thiophene rings is 1. The van der Waals surface area contributed by atoms with Crippen LogP contribution in [-0.2, 0) is 0 Å². The first-order valence-corrected chi connectivity index (χ1v) is 7.31. The molecule has 0 saturated carbocycles. The summed E-state index contributed by atoms with van der Waals surface area (Å²) in [4.78, 5) is 0. The van der Waals surface area contributed by atoms with Crippen LogP contribution in [0.4, 0.5) is 0 Å². The van der Waals surface area contributed by atoms with Gasteiger partial charge in [-0.1, -0.05) is 45.4 Å². The molecule has 1 atom stereocenters. The fourth-order valence-corrected chi connectivity index (χ4v) is 2.66. The molecular weight excluding hydrogens is 216 g/mol. The van der Waals surface area contributed by atoms with Crippen molar-refractivity contribution in [1.29, 1.82) is 0 Å². The predicted molar refractivity (Wildman–Crippen MR) is 72.4 cm³/mol. The highest BCUT2D eigenvalue weighted by molar-refractivity contribution is 7.07. The molecule has 16 heavy (non-hydrogen) atoms. The minimum absolute atomic E-state index is 0.345. The van der Waals surface area contributed by atoms with Crippen LogP contribution in [0, 0.1) is 0 Å². The Bertz CT molecular complexity index is 246. The van der Waals surface area contributed by atoms with Crippen LogP contribution in [0.15, 0.2) is 16.8 Å². The van der Waals surface area contributed by atoms with E-state index in [1.807, 2.05) is 0 Å². The Morgan fingerprint density at radius 1 is 1.25 bits per heavy atom. The summed E-state index contributed by atoms with van der Waals surface area (Å²) in [5.74, 6) is 5.58. The molecule has 0 bridgehead atoms. The summed E-state index contributed by atoms with van der Waals surface area (Å²) in [6, 6.07) is 2.50. The van der Waals surface area contributed by atoms with Gasteiger partial charge in [-0.3, -0.25) is 11.3 Å². The SMILES string of the molecule is CCCCCCCCC(NN)c1ccsc1. The van der Waals surface area contributed by atoms with Gasteiger partial charge >= 0.3 is 0 Å². The van der Waals surface area contributed by atoms with Crippen LogP contribution in [0.2, 0.25) is 0 Å². The van der Waals surface area contributed by atoms with E-state index in [0.29, 0.717) is 6.04 Å². The topological polar surface area (TPSA) is 38.0 Å². The maximum atomic E-state index is 5.58. The highest BCUT2D eigenvalue weighted by atomic mass is 32.1. The van der Waals surface area contributed by atoms with Crippen molar-refractivity contribution in [3.63, 3.8) is 0 Å². The van der Waals surface area contributed by atoms with E-state index in [4.69, 9.17) is 5.84 Å². The maximum absolute atomic E-state index is 5.58. The lowest BCUT2D eigenvalue weighted by Gasteiger charge is -2.14. The van der Waals surface area contributed by atoms with Gasteiger partial charge in [0.25, 0.3) is 0 Å². The van der Waals surface area contributed by atoms with Crippen LogP contribution in [-0.4, -0.2) is 0 Å². The highest BCUT2D eigenvalue weighted by Gasteiger charge is 2.08. The van der Waals surface area contributed by atoms with Crippen LogP contribution in [0.25, 0.3) is 0 Å². The zero-order valence-electron chi connectivity index (χ0n) is 10.2. The number of hydrogen-bond donors (Lipinski definition) is 2. The molecule has 0 aliphatic carbocycles. The van der Waals surface area contributed by atoms with E-state index in [1.165, 1.54) is 44.1 Å². The Kier molecular flexibility index (Phi) is 7.47. The molecule has 1 aromatic heterocycles. The Morgan fingerprint density at radius 3 is 2.62 bits per heavy atom. The van der Waals surface area contributed by atoms with Crippen molar-refractivity contribution in [2.45, 2.75) is 57.9 Å². The minimum atomic E-state index is 0.345. The number of rotatable bonds is 9. The van der Waals surface area contributed by atoms with Gasteiger partial charge in [0.15, 0.2) is 0 Å². The molecular formula is C13H24N2S. The first-order chi connectivity index (χ1) is 7.88. The van der Waals surface area contributed by atoms with Gasteiger partial charge in [0, 0.05) is 6.04 Å². The van der Waals surface area contributed by atoms with Gasteiger partial charge < -0.3 is 0 Å². The number of nitrogens with two attached hydrogens (primary N) is 1. The summed E-state index contributed by atoms with van der Waals surface area (Å²) >= 11 is 1.74. The molecule has 0 spiro atoms. The fourth-order valence-electron chi connectivity index (χ4n) is 1.95. The van der Waals surface area contributed by atoms with E-state index in [0.717, 1.165) is 6.42 Å². The van der Waals surface area contributed by atoms with E-state index < -0.39 is 0 Å². The second kappa shape index (κ2) is 8.74. The van der Waals surface area contributed by atoms with Crippen molar-refractivity contribution in [2.75, 3.05) is 0 Å². The summed E-state index contributed by atoms with van der Waals surface area (Å²) in [6.07, 6.45) is 9.21. The van der Waals surface area contributed by atoms with E-state index in [2.05, 4.69) is 29.2 Å². The molecule has 2 nitrogen and oxygen atoms in total. The summed E-state index contributed by atoms with van der Waals surface area (Å²) in [5, 5.41) is 4.29. The molecule has 0 saturated heterocycles. The molecule has 1 unspecified atom stereocenters. The zero-order chi connectivity index (χ0) is 11.6. The van der Waals surface area contributed by atoms with E-state index in [1.54, 1.807) is 11.3 Å². The van der Waals surface area contributed by atoms with E-state index in [-0.39, 0.29) is 0 Å². The molecule has 0 aliphatic heterocycles. The average molecular weight is 240 g/mol. The van der Waals surface area contributed by atoms with E-state index in [9.17, 15) is 0 Å². The predicted octanol–water partition coefficient (Wildman–Crippen LogP) is 4.00. The standard InChI is InChI=1S/C13H24N2S/c1-2-3-4-5-6-7-8-13(15-14)12-9-10-16-11-12/h9-11,13,15H,2-8,14H2,1H3. The maximum Gasteiger partial charge on any atom is 0.0468 e. The molecule has 0 aromatic carbocycles. The van der Waals surface area contributed by atoms with Gasteiger partial charge in [0.1, 0.15) is 0 Å². The van der Waals surface area contributed by atoms with Crippen molar-refractivity contribution in [1.82, 2.24) is 5.43 Å². The Labute approximate surface area is 103 Å². The third-order valence-electron chi connectivity index (χ3n) is 2.99. The molecule has 0 radical (unpaired) electrons. The largest absolute Gasteiger partial charge is 0.271 e. The van der Waals surface area contributed by atoms with Crippen LogP contribution in [0.1, 0.15) is 63.5 Å². The molecule has 0 aliphatic rings. The lowest BCUT2D eigenvalue weighted by Crippen LogP contribution is -2.27. The summed E-state index contributed by atoms with van der Waals surface area (Å²) < 4.78 is 0. The lowest BCUT2D eigenvalue weighted by atomic mass is 10.0. The number of hydrogen-bond acceptors (Lipinski definition) is 3. The smallest absolute Gasteiger partial charge is 0.0468 e. The molecule has 0 amide bonds. The average Bonchev–Trinajstić information content (AvgIpc) is 2.82. The highest BCUT2D eigenvalue weighted by Crippen LogP contribution is 2.21. The molecule has 0 fully saturated rings. The minimum Gasteiger partial charge on any atom is -0.271 e. The van der Waals surface area contributed by atoms with Crippen molar-refractivity contribution >= 4 is 11.3 Å². The number of unbranched alkanes of at least 4 members (excludes halogenated alkanes) is 5. The van der Waals surface area contributed by atoms with Gasteiger partial charge in [-0.25, -0.2) is 0 Å².